The van der Waals surface area contributed by atoms with Gasteiger partial charge in [-0.2, -0.15) is 0 Å². The Labute approximate surface area is 210 Å². The maximum Gasteiger partial charge on any atom is 0.265 e. The van der Waals surface area contributed by atoms with E-state index in [0.717, 1.165) is 45.5 Å². The number of para-hydroxylation sites is 1. The van der Waals surface area contributed by atoms with Crippen LogP contribution in [0.5, 0.6) is 11.5 Å². The summed E-state index contributed by atoms with van der Waals surface area (Å²) in [5.74, 6) is 3.00. The van der Waals surface area contributed by atoms with Crippen LogP contribution in [0.2, 0.25) is 0 Å². The van der Waals surface area contributed by atoms with Crippen LogP contribution in [-0.2, 0) is 11.3 Å². The van der Waals surface area contributed by atoms with Crippen molar-refractivity contribution in [1.29, 1.82) is 0 Å². The number of hydrogen-bond acceptors (Lipinski definition) is 4. The van der Waals surface area contributed by atoms with Crippen molar-refractivity contribution in [1.82, 2.24) is 0 Å². The van der Waals surface area contributed by atoms with Gasteiger partial charge in [0.1, 0.15) is 6.10 Å². The topological polar surface area (TPSA) is 38.8 Å². The van der Waals surface area contributed by atoms with Crippen LogP contribution in [0.4, 0.5) is 5.69 Å². The molecule has 0 aromatic heterocycles. The first-order valence-electron chi connectivity index (χ1n) is 12.4. The average Bonchev–Trinajstić information content (AvgIpc) is 3.51. The van der Waals surface area contributed by atoms with Crippen molar-refractivity contribution in [2.75, 3.05) is 12.0 Å². The van der Waals surface area contributed by atoms with E-state index in [4.69, 9.17) is 9.47 Å². The van der Waals surface area contributed by atoms with E-state index in [9.17, 15) is 4.79 Å². The van der Waals surface area contributed by atoms with Crippen molar-refractivity contribution < 1.29 is 14.3 Å². The molecule has 1 amide bonds. The fraction of sp³-hybridized carbons (Fsp3) is 0.300. The predicted octanol–water partition coefficient (Wildman–Crippen LogP) is 6.94. The molecule has 0 radical (unpaired) electrons. The molecule has 3 aliphatic rings. The van der Waals surface area contributed by atoms with Crippen LogP contribution in [0.1, 0.15) is 36.8 Å². The maximum atomic E-state index is 13.7. The molecule has 3 atom stereocenters. The number of methoxy groups -OCH3 is 1. The third kappa shape index (κ3) is 4.45. The summed E-state index contributed by atoms with van der Waals surface area (Å²) in [6.07, 6.45) is 7.28. The maximum absolute atomic E-state index is 13.7. The molecule has 0 saturated heterocycles. The molecule has 2 fully saturated rings. The van der Waals surface area contributed by atoms with Gasteiger partial charge in [-0.05, 0) is 79.0 Å². The van der Waals surface area contributed by atoms with Gasteiger partial charge in [-0.3, -0.25) is 4.79 Å². The lowest BCUT2D eigenvalue weighted by molar-refractivity contribution is -0.114. The number of amides is 1. The van der Waals surface area contributed by atoms with Gasteiger partial charge in [-0.25, -0.2) is 0 Å². The van der Waals surface area contributed by atoms with Crippen molar-refractivity contribution in [3.8, 4) is 11.5 Å². The van der Waals surface area contributed by atoms with E-state index in [1.165, 1.54) is 31.0 Å². The van der Waals surface area contributed by atoms with Gasteiger partial charge < -0.3 is 14.4 Å². The fourth-order valence-electron chi connectivity index (χ4n) is 5.71. The molecule has 3 unspecified atom stereocenters. The largest absolute Gasteiger partial charge is 0.493 e. The van der Waals surface area contributed by atoms with E-state index >= 15 is 0 Å². The zero-order chi connectivity index (χ0) is 23.8. The summed E-state index contributed by atoms with van der Waals surface area (Å²) in [6, 6.07) is 24.2. The number of thioether (sulfide) groups is 1. The van der Waals surface area contributed by atoms with Crippen LogP contribution in [0.15, 0.2) is 82.6 Å². The van der Waals surface area contributed by atoms with Crippen molar-refractivity contribution in [2.24, 2.45) is 11.8 Å². The minimum absolute atomic E-state index is 0.0175. The fourth-order valence-corrected chi connectivity index (χ4v) is 6.76. The number of anilines is 1. The minimum atomic E-state index is 0.0175. The summed E-state index contributed by atoms with van der Waals surface area (Å²) >= 11 is 1.53. The van der Waals surface area contributed by atoms with Crippen molar-refractivity contribution in [2.45, 2.75) is 43.2 Å². The van der Waals surface area contributed by atoms with Gasteiger partial charge in [0.2, 0.25) is 0 Å². The molecule has 3 aromatic rings. The number of benzene rings is 3. The van der Waals surface area contributed by atoms with Gasteiger partial charge in [-0.15, -0.1) is 0 Å². The molecule has 5 heteroatoms. The Balaban J connectivity index is 1.31. The Bertz CT molecular complexity index is 1270. The molecule has 0 spiro atoms. The van der Waals surface area contributed by atoms with E-state index in [0.29, 0.717) is 17.4 Å². The van der Waals surface area contributed by atoms with Crippen molar-refractivity contribution in [3.63, 3.8) is 0 Å². The van der Waals surface area contributed by atoms with Gasteiger partial charge in [0, 0.05) is 4.90 Å². The first kappa shape index (κ1) is 22.3. The van der Waals surface area contributed by atoms with Crippen LogP contribution in [0, 0.1) is 11.8 Å². The van der Waals surface area contributed by atoms with Gasteiger partial charge in [-0.1, -0.05) is 60.3 Å². The van der Waals surface area contributed by atoms with Crippen LogP contribution in [0.25, 0.3) is 6.08 Å². The summed E-state index contributed by atoms with van der Waals surface area (Å²) in [4.78, 5) is 17.3. The zero-order valence-corrected chi connectivity index (χ0v) is 20.7. The second-order valence-electron chi connectivity index (χ2n) is 9.70. The monoisotopic (exact) mass is 483 g/mol. The number of rotatable bonds is 6. The Morgan fingerprint density at radius 3 is 2.57 bits per heavy atom. The third-order valence-corrected chi connectivity index (χ3v) is 8.53. The highest BCUT2D eigenvalue weighted by molar-refractivity contribution is 8.04. The second-order valence-corrected chi connectivity index (χ2v) is 10.8. The van der Waals surface area contributed by atoms with E-state index < -0.39 is 0 Å². The number of fused-ring (bicyclic) bond motifs is 3. The van der Waals surface area contributed by atoms with Crippen LogP contribution >= 0.6 is 11.8 Å². The molecule has 4 nitrogen and oxygen atoms in total. The standard InChI is InChI=1S/C30H29NO3S/c1-33-25-14-12-22(17-27(25)34-26-16-21-11-13-23(26)15-21)18-29-30(32)31(19-20-7-3-2-4-8-20)24-9-5-6-10-28(24)35-29/h2-10,12,14,17-18,21,23,26H,11,13,15-16,19H2,1H3. The molecule has 6 rings (SSSR count). The van der Waals surface area contributed by atoms with Crippen molar-refractivity contribution in [3.05, 3.63) is 88.8 Å². The van der Waals surface area contributed by atoms with E-state index in [-0.39, 0.29) is 12.0 Å². The normalized spacial score (nSPS) is 24.0. The third-order valence-electron chi connectivity index (χ3n) is 7.45. The Hall–Kier alpha value is -3.18. The smallest absolute Gasteiger partial charge is 0.265 e. The number of ether oxygens (including phenoxy) is 2. The van der Waals surface area contributed by atoms with E-state index in [2.05, 4.69) is 18.2 Å². The molecule has 178 valence electrons. The highest BCUT2D eigenvalue weighted by Gasteiger charge is 2.41. The molecular formula is C30H29NO3S. The number of nitrogens with zero attached hydrogens (tertiary/aromatic N) is 1. The van der Waals surface area contributed by atoms with Crippen molar-refractivity contribution >= 4 is 29.4 Å². The van der Waals surface area contributed by atoms with E-state index in [1.54, 1.807) is 7.11 Å². The Morgan fingerprint density at radius 2 is 1.80 bits per heavy atom. The molecule has 2 saturated carbocycles. The first-order valence-corrected chi connectivity index (χ1v) is 13.2. The van der Waals surface area contributed by atoms with E-state index in [1.807, 2.05) is 65.6 Å². The highest BCUT2D eigenvalue weighted by atomic mass is 32.2. The molecule has 1 heterocycles. The van der Waals surface area contributed by atoms with Gasteiger partial charge in [0.15, 0.2) is 11.5 Å². The van der Waals surface area contributed by atoms with Crippen LogP contribution < -0.4 is 14.4 Å². The summed E-state index contributed by atoms with van der Waals surface area (Å²) in [5, 5.41) is 0. The number of carbonyl (C=O) groups excluding carboxylic acids is 1. The summed E-state index contributed by atoms with van der Waals surface area (Å²) in [5.41, 5.74) is 3.00. The number of carbonyl (C=O) groups is 1. The highest BCUT2D eigenvalue weighted by Crippen LogP contribution is 2.47. The average molecular weight is 484 g/mol. The molecular weight excluding hydrogens is 454 g/mol. The summed E-state index contributed by atoms with van der Waals surface area (Å²) in [6.45, 7) is 0.537. The first-order chi connectivity index (χ1) is 17.2. The molecule has 1 aliphatic heterocycles. The second kappa shape index (κ2) is 9.46. The Morgan fingerprint density at radius 1 is 0.971 bits per heavy atom. The van der Waals surface area contributed by atoms with Gasteiger partial charge in [0.25, 0.3) is 5.91 Å². The predicted molar refractivity (Wildman–Crippen MR) is 141 cm³/mol. The minimum Gasteiger partial charge on any atom is -0.493 e. The molecule has 2 bridgehead atoms. The molecule has 0 N–H and O–H groups in total. The summed E-state index contributed by atoms with van der Waals surface area (Å²) in [7, 11) is 1.68. The van der Waals surface area contributed by atoms with Crippen LogP contribution in [-0.4, -0.2) is 19.1 Å². The van der Waals surface area contributed by atoms with Gasteiger partial charge in [0.05, 0.1) is 24.2 Å². The molecule has 2 aliphatic carbocycles. The summed E-state index contributed by atoms with van der Waals surface area (Å²) < 4.78 is 12.1. The molecule has 35 heavy (non-hydrogen) atoms. The lowest BCUT2D eigenvalue weighted by Gasteiger charge is -2.30. The number of hydrogen-bond donors (Lipinski definition) is 0. The quantitative estimate of drug-likeness (QED) is 0.356. The molecule has 3 aromatic carbocycles. The van der Waals surface area contributed by atoms with Gasteiger partial charge >= 0.3 is 0 Å². The SMILES string of the molecule is COc1ccc(C=C2Sc3ccccc3N(Cc3ccccc3)C2=O)cc1OC1CC2CCC1C2. The van der Waals surface area contributed by atoms with Crippen LogP contribution in [0.3, 0.4) is 0 Å². The Kier molecular flexibility index (Phi) is 6.03. The lowest BCUT2D eigenvalue weighted by atomic mass is 9.97. The zero-order valence-electron chi connectivity index (χ0n) is 19.9. The lowest BCUT2D eigenvalue weighted by Crippen LogP contribution is -2.33.